The van der Waals surface area contributed by atoms with Crippen molar-refractivity contribution in [3.63, 3.8) is 0 Å². The standard InChI is InChI=1S/C21H17F2N3O3/c22-15-6-5-13(9-16(15)23)26-17-3-1-2-14(17)20(25-26)21(27)24-10-12-4-7-18-19(8-12)29-11-28-18/h4-9H,1-3,10-11H2,(H,24,27). The molecule has 0 saturated carbocycles. The van der Waals surface area contributed by atoms with Gasteiger partial charge in [-0.1, -0.05) is 6.07 Å². The van der Waals surface area contributed by atoms with E-state index in [0.717, 1.165) is 48.2 Å². The zero-order valence-electron chi connectivity index (χ0n) is 15.4. The predicted molar refractivity (Wildman–Crippen MR) is 99.2 cm³/mol. The molecule has 2 heterocycles. The number of ether oxygens (including phenoxy) is 2. The molecule has 0 unspecified atom stereocenters. The van der Waals surface area contributed by atoms with Crippen LogP contribution >= 0.6 is 0 Å². The summed E-state index contributed by atoms with van der Waals surface area (Å²) in [7, 11) is 0. The third kappa shape index (κ3) is 3.10. The first-order chi connectivity index (χ1) is 14.1. The van der Waals surface area contributed by atoms with Crippen LogP contribution in [0.5, 0.6) is 11.5 Å². The number of carbonyl (C=O) groups is 1. The normalized spacial score (nSPS) is 14.1. The van der Waals surface area contributed by atoms with Crippen LogP contribution in [0.25, 0.3) is 5.69 Å². The third-order valence-corrected chi connectivity index (χ3v) is 5.18. The lowest BCUT2D eigenvalue weighted by Gasteiger charge is -2.07. The third-order valence-electron chi connectivity index (χ3n) is 5.18. The number of fused-ring (bicyclic) bond motifs is 2. The molecule has 0 bridgehead atoms. The van der Waals surface area contributed by atoms with Gasteiger partial charge < -0.3 is 14.8 Å². The first-order valence-corrected chi connectivity index (χ1v) is 9.33. The summed E-state index contributed by atoms with van der Waals surface area (Å²) in [5.74, 6) is -0.830. The van der Waals surface area contributed by atoms with Gasteiger partial charge in [-0.25, -0.2) is 13.5 Å². The summed E-state index contributed by atoms with van der Waals surface area (Å²) >= 11 is 0. The van der Waals surface area contributed by atoms with Crippen LogP contribution in [-0.2, 0) is 19.4 Å². The largest absolute Gasteiger partial charge is 0.454 e. The molecule has 1 aliphatic heterocycles. The predicted octanol–water partition coefficient (Wildman–Crippen LogP) is 3.30. The van der Waals surface area contributed by atoms with Crippen molar-refractivity contribution in [2.75, 3.05) is 6.79 Å². The van der Waals surface area contributed by atoms with Gasteiger partial charge in [0.1, 0.15) is 0 Å². The molecule has 0 radical (unpaired) electrons. The summed E-state index contributed by atoms with van der Waals surface area (Å²) in [5.41, 5.74) is 3.32. The molecule has 0 atom stereocenters. The van der Waals surface area contributed by atoms with Gasteiger partial charge in [-0.3, -0.25) is 4.79 Å². The molecule has 6 nitrogen and oxygen atoms in total. The van der Waals surface area contributed by atoms with Crippen LogP contribution in [0, 0.1) is 11.6 Å². The highest BCUT2D eigenvalue weighted by atomic mass is 19.2. The molecule has 1 aromatic heterocycles. The number of nitrogens with zero attached hydrogens (tertiary/aromatic N) is 2. The van der Waals surface area contributed by atoms with Crippen LogP contribution < -0.4 is 14.8 Å². The number of aromatic nitrogens is 2. The second-order valence-electron chi connectivity index (χ2n) is 7.01. The van der Waals surface area contributed by atoms with Gasteiger partial charge in [0.25, 0.3) is 5.91 Å². The SMILES string of the molecule is O=C(NCc1ccc2c(c1)OCO2)c1nn(-c2ccc(F)c(F)c2)c2c1CCC2. The Morgan fingerprint density at radius 3 is 2.79 bits per heavy atom. The Balaban J connectivity index is 1.39. The van der Waals surface area contributed by atoms with Crippen LogP contribution in [0.2, 0.25) is 0 Å². The van der Waals surface area contributed by atoms with Crippen molar-refractivity contribution >= 4 is 5.91 Å². The molecule has 0 saturated heterocycles. The van der Waals surface area contributed by atoms with Crippen molar-refractivity contribution in [1.29, 1.82) is 0 Å². The highest BCUT2D eigenvalue weighted by Gasteiger charge is 2.27. The zero-order valence-corrected chi connectivity index (χ0v) is 15.4. The van der Waals surface area contributed by atoms with Gasteiger partial charge in [0.2, 0.25) is 6.79 Å². The molecule has 1 N–H and O–H groups in total. The summed E-state index contributed by atoms with van der Waals surface area (Å²) in [4.78, 5) is 12.8. The lowest BCUT2D eigenvalue weighted by atomic mass is 10.1. The number of benzene rings is 2. The molecule has 2 aliphatic rings. The molecule has 5 rings (SSSR count). The summed E-state index contributed by atoms with van der Waals surface area (Å²) < 4.78 is 39.1. The first-order valence-electron chi connectivity index (χ1n) is 9.33. The Hall–Kier alpha value is -3.42. The van der Waals surface area contributed by atoms with Gasteiger partial charge in [-0.2, -0.15) is 5.10 Å². The monoisotopic (exact) mass is 397 g/mol. The van der Waals surface area contributed by atoms with Crippen LogP contribution in [-0.4, -0.2) is 22.5 Å². The number of carbonyl (C=O) groups excluding carboxylic acids is 1. The lowest BCUT2D eigenvalue weighted by molar-refractivity contribution is 0.0944. The Morgan fingerprint density at radius 1 is 1.07 bits per heavy atom. The van der Waals surface area contributed by atoms with Gasteiger partial charge in [0, 0.05) is 23.9 Å². The fourth-order valence-electron chi connectivity index (χ4n) is 3.77. The van der Waals surface area contributed by atoms with E-state index in [1.54, 1.807) is 10.7 Å². The van der Waals surface area contributed by atoms with Crippen molar-refractivity contribution < 1.29 is 23.0 Å². The van der Waals surface area contributed by atoms with E-state index in [1.165, 1.54) is 6.07 Å². The summed E-state index contributed by atoms with van der Waals surface area (Å²) in [6.45, 7) is 0.501. The second-order valence-corrected chi connectivity index (χ2v) is 7.01. The Bertz CT molecular complexity index is 1130. The summed E-state index contributed by atoms with van der Waals surface area (Å²) in [6, 6.07) is 9.10. The van der Waals surface area contributed by atoms with Crippen molar-refractivity contribution in [2.45, 2.75) is 25.8 Å². The molecule has 8 heteroatoms. The number of amides is 1. The van der Waals surface area contributed by atoms with E-state index < -0.39 is 11.6 Å². The fourth-order valence-corrected chi connectivity index (χ4v) is 3.77. The summed E-state index contributed by atoms with van der Waals surface area (Å²) in [5, 5.41) is 7.29. The van der Waals surface area contributed by atoms with E-state index in [4.69, 9.17) is 9.47 Å². The Labute approximate surface area is 165 Å². The van der Waals surface area contributed by atoms with Gasteiger partial charge >= 0.3 is 0 Å². The van der Waals surface area contributed by atoms with Gasteiger partial charge in [-0.15, -0.1) is 0 Å². The van der Waals surface area contributed by atoms with Crippen molar-refractivity contribution in [1.82, 2.24) is 15.1 Å². The lowest BCUT2D eigenvalue weighted by Crippen LogP contribution is -2.24. The fraction of sp³-hybridized carbons (Fsp3) is 0.238. The van der Waals surface area contributed by atoms with Crippen molar-refractivity contribution in [3.05, 3.63) is 70.5 Å². The molecule has 0 spiro atoms. The molecule has 1 aliphatic carbocycles. The van der Waals surface area contributed by atoms with Crippen LogP contribution in [0.3, 0.4) is 0 Å². The topological polar surface area (TPSA) is 65.4 Å². The Morgan fingerprint density at radius 2 is 1.93 bits per heavy atom. The van der Waals surface area contributed by atoms with Crippen LogP contribution in [0.15, 0.2) is 36.4 Å². The van der Waals surface area contributed by atoms with Gasteiger partial charge in [0.05, 0.1) is 5.69 Å². The average molecular weight is 397 g/mol. The van der Waals surface area contributed by atoms with E-state index in [0.29, 0.717) is 29.4 Å². The molecule has 3 aromatic rings. The molecule has 2 aromatic carbocycles. The highest BCUT2D eigenvalue weighted by molar-refractivity contribution is 5.94. The van der Waals surface area contributed by atoms with Crippen molar-refractivity contribution in [2.24, 2.45) is 0 Å². The van der Waals surface area contributed by atoms with E-state index in [2.05, 4.69) is 10.4 Å². The second kappa shape index (κ2) is 6.88. The first kappa shape index (κ1) is 17.7. The number of hydrogen-bond acceptors (Lipinski definition) is 4. The average Bonchev–Trinajstić information content (AvgIpc) is 3.44. The molecular weight excluding hydrogens is 380 g/mol. The maximum absolute atomic E-state index is 13.7. The van der Waals surface area contributed by atoms with Crippen molar-refractivity contribution in [3.8, 4) is 17.2 Å². The molecule has 0 fully saturated rings. The minimum absolute atomic E-state index is 0.193. The minimum atomic E-state index is -0.946. The smallest absolute Gasteiger partial charge is 0.272 e. The summed E-state index contributed by atoms with van der Waals surface area (Å²) in [6.07, 6.45) is 2.35. The van der Waals surface area contributed by atoms with Gasteiger partial charge in [-0.05, 0) is 49.1 Å². The minimum Gasteiger partial charge on any atom is -0.454 e. The molecular formula is C21H17F2N3O3. The quantitative estimate of drug-likeness (QED) is 0.734. The number of halogens is 2. The maximum atomic E-state index is 13.7. The number of rotatable bonds is 4. The maximum Gasteiger partial charge on any atom is 0.272 e. The van der Waals surface area contributed by atoms with Gasteiger partial charge in [0.15, 0.2) is 28.8 Å². The van der Waals surface area contributed by atoms with E-state index in [1.807, 2.05) is 12.1 Å². The van der Waals surface area contributed by atoms with E-state index >= 15 is 0 Å². The van der Waals surface area contributed by atoms with Crippen LogP contribution in [0.4, 0.5) is 8.78 Å². The van der Waals surface area contributed by atoms with Crippen LogP contribution in [0.1, 0.15) is 33.7 Å². The molecule has 29 heavy (non-hydrogen) atoms. The molecule has 148 valence electrons. The zero-order chi connectivity index (χ0) is 20.0. The highest BCUT2D eigenvalue weighted by Crippen LogP contribution is 2.32. The van der Waals surface area contributed by atoms with E-state index in [9.17, 15) is 13.6 Å². The number of hydrogen-bond donors (Lipinski definition) is 1. The number of nitrogens with one attached hydrogen (secondary N) is 1. The Kier molecular flexibility index (Phi) is 4.19. The molecule has 1 amide bonds. The van der Waals surface area contributed by atoms with E-state index in [-0.39, 0.29) is 12.7 Å².